The van der Waals surface area contributed by atoms with Crippen molar-refractivity contribution in [2.75, 3.05) is 13.2 Å². The van der Waals surface area contributed by atoms with Crippen molar-refractivity contribution in [3.05, 3.63) is 52.8 Å². The fourth-order valence-electron chi connectivity index (χ4n) is 7.70. The van der Waals surface area contributed by atoms with Gasteiger partial charge < -0.3 is 0 Å². The van der Waals surface area contributed by atoms with E-state index < -0.39 is 33.8 Å². The molecule has 5 nitrogen and oxygen atoms in total. The van der Waals surface area contributed by atoms with Crippen LogP contribution < -0.4 is 0 Å². The van der Waals surface area contributed by atoms with Crippen molar-refractivity contribution in [3.63, 3.8) is 0 Å². The predicted molar refractivity (Wildman–Crippen MR) is 177 cm³/mol. The van der Waals surface area contributed by atoms with E-state index in [1.165, 1.54) is 57.4 Å². The fourth-order valence-corrected chi connectivity index (χ4v) is 24.9. The van der Waals surface area contributed by atoms with Gasteiger partial charge in [0.05, 0.1) is 0 Å². The number of esters is 1. The third kappa shape index (κ3) is 8.99. The Morgan fingerprint density at radius 2 is 1.58 bits per heavy atom. The Kier molecular flexibility index (Phi) is 15.5. The van der Waals surface area contributed by atoms with Crippen molar-refractivity contribution in [1.29, 1.82) is 0 Å². The van der Waals surface area contributed by atoms with Gasteiger partial charge in [0.25, 0.3) is 0 Å². The summed E-state index contributed by atoms with van der Waals surface area (Å²) in [6.07, 6.45) is 10.4. The minimum Gasteiger partial charge on any atom is 0 e. The van der Waals surface area contributed by atoms with Crippen LogP contribution in [0.15, 0.2) is 38.8 Å². The third-order valence-electron chi connectivity index (χ3n) is 10.0. The summed E-state index contributed by atoms with van der Waals surface area (Å²) in [6.45, 7) is 20.9. The maximum Gasteiger partial charge on any atom is 0 e. The van der Waals surface area contributed by atoms with Crippen LogP contribution in [0.3, 0.4) is 0 Å². The van der Waals surface area contributed by atoms with Crippen molar-refractivity contribution in [2.24, 2.45) is 16.7 Å². The van der Waals surface area contributed by atoms with Gasteiger partial charge in [-0.1, -0.05) is 0 Å². The number of ether oxygens (including phenoxy) is 1. The van der Waals surface area contributed by atoms with E-state index in [9.17, 15) is 13.2 Å². The van der Waals surface area contributed by atoms with Crippen LogP contribution in [-0.2, 0) is 52.3 Å². The molecule has 1 radical (unpaired) electrons. The first-order valence-electron chi connectivity index (χ1n) is 16.5. The normalized spacial score (nSPS) is 24.6. The van der Waals surface area contributed by atoms with Crippen LogP contribution >= 0.6 is 0 Å². The SMILES string of the molecule is [CH2-][C@]12C(=[CH][Sn]([CH2]CCC)([CH2]CCC)[CH2]CCC)CN(S(=O)(=O)c3ccc(C)cc3)[C@H]1CC(C)(C)[C@@H]2[CH-]CC(=O)OCC.[Y]. The van der Waals surface area contributed by atoms with Crippen LogP contribution in [0.1, 0.15) is 98.5 Å². The molecule has 1 heterocycles. The molecular formula is C35H57NO4SSnY-2. The second kappa shape index (κ2) is 16.9. The largest absolute Gasteiger partial charge is 0 e. The number of hydrogen-bond donors (Lipinski definition) is 0. The van der Waals surface area contributed by atoms with Crippen molar-refractivity contribution in [3.8, 4) is 0 Å². The molecule has 43 heavy (non-hydrogen) atoms. The summed E-state index contributed by atoms with van der Waals surface area (Å²) in [4.78, 5) is 12.9. The summed E-state index contributed by atoms with van der Waals surface area (Å²) in [5.41, 5.74) is 1.46. The van der Waals surface area contributed by atoms with Crippen LogP contribution in [0.4, 0.5) is 0 Å². The van der Waals surface area contributed by atoms with Gasteiger partial charge in [0.15, 0.2) is 0 Å². The fraction of sp³-hybridized carbons (Fsp3) is 0.686. The van der Waals surface area contributed by atoms with Gasteiger partial charge in [0.1, 0.15) is 0 Å². The van der Waals surface area contributed by atoms with Crippen molar-refractivity contribution in [2.45, 2.75) is 124 Å². The molecule has 3 rings (SSSR count). The summed E-state index contributed by atoms with van der Waals surface area (Å²) < 4.78 is 42.4. The summed E-state index contributed by atoms with van der Waals surface area (Å²) in [6, 6.07) is 7.01. The Hall–Kier alpha value is 0.243. The molecule has 1 aliphatic carbocycles. The maximum atomic E-state index is 14.3. The van der Waals surface area contributed by atoms with Gasteiger partial charge in [-0.15, -0.1) is 0 Å². The topological polar surface area (TPSA) is 63.7 Å². The van der Waals surface area contributed by atoms with Crippen LogP contribution in [0, 0.1) is 37.0 Å². The van der Waals surface area contributed by atoms with Crippen molar-refractivity contribution < 1.29 is 50.7 Å². The summed E-state index contributed by atoms with van der Waals surface area (Å²) in [7, 11) is -3.73. The van der Waals surface area contributed by atoms with Gasteiger partial charge in [0, 0.05) is 32.7 Å². The number of hydrogen-bond acceptors (Lipinski definition) is 4. The number of aryl methyl sites for hydroxylation is 1. The maximum absolute atomic E-state index is 14.3. The molecule has 1 saturated carbocycles. The molecule has 0 unspecified atom stereocenters. The molecule has 0 amide bonds. The number of benzene rings is 1. The third-order valence-corrected chi connectivity index (χ3v) is 26.2. The van der Waals surface area contributed by atoms with E-state index in [1.54, 1.807) is 16.4 Å². The Morgan fingerprint density at radius 3 is 2.07 bits per heavy atom. The average Bonchev–Trinajstić information content (AvgIpc) is 3.32. The van der Waals surface area contributed by atoms with E-state index in [4.69, 9.17) is 11.7 Å². The average molecular weight is 796 g/mol. The van der Waals surface area contributed by atoms with E-state index in [-0.39, 0.29) is 62.5 Å². The van der Waals surface area contributed by atoms with Gasteiger partial charge in [0.2, 0.25) is 0 Å². The molecular weight excluding hydrogens is 738 g/mol. The molecule has 3 atom stereocenters. The molecule has 2 fully saturated rings. The Morgan fingerprint density at radius 1 is 1.05 bits per heavy atom. The molecule has 1 aromatic carbocycles. The molecule has 1 aliphatic heterocycles. The molecule has 1 aromatic rings. The van der Waals surface area contributed by atoms with Crippen LogP contribution in [0.5, 0.6) is 0 Å². The number of rotatable bonds is 16. The van der Waals surface area contributed by atoms with Gasteiger partial charge >= 0.3 is 263 Å². The number of carbonyl (C=O) groups is 1. The summed E-state index contributed by atoms with van der Waals surface area (Å²) in [5, 5.41) is 0. The van der Waals surface area contributed by atoms with Crippen molar-refractivity contribution >= 4 is 34.4 Å². The molecule has 0 bridgehead atoms. The van der Waals surface area contributed by atoms with E-state index in [0.29, 0.717) is 24.5 Å². The number of unbranched alkanes of at least 4 members (excludes halogenated alkanes) is 3. The number of carbonyl (C=O) groups excluding carboxylic acids is 1. The Balaban J connectivity index is 0.00000645. The number of sulfonamides is 1. The number of fused-ring (bicyclic) bond motifs is 1. The molecule has 2 aliphatic rings. The standard InChI is InChI=1S/C23H30NO4S.3C4H9.Sn.Y/c1-7-28-21(25)13-12-19-22(4,5)14-20-23(19,6)17(3)15-24(20)29(26,27)18-10-8-16(2)9-11-18;3*1-3-4-2;;/h3,8-12,19-20H,6-7,13-15H2,1-2,4-5H3;3*1,3-4H2,2H3;;/q-2;;;;;/t19-,20-,23+;;;;;/m0...../s1. The first-order chi connectivity index (χ1) is 19.8. The van der Waals surface area contributed by atoms with E-state index in [1.807, 2.05) is 26.0 Å². The van der Waals surface area contributed by atoms with Gasteiger partial charge in [-0.2, -0.15) is 0 Å². The first-order valence-corrected chi connectivity index (χ1v) is 25.6. The zero-order valence-electron chi connectivity index (χ0n) is 28.1. The first kappa shape index (κ1) is 39.4. The van der Waals surface area contributed by atoms with Crippen LogP contribution in [-0.4, -0.2) is 56.3 Å². The van der Waals surface area contributed by atoms with E-state index >= 15 is 0 Å². The molecule has 0 N–H and O–H groups in total. The van der Waals surface area contributed by atoms with Gasteiger partial charge in [-0.05, 0) is 0 Å². The minimum atomic E-state index is -3.73. The van der Waals surface area contributed by atoms with Gasteiger partial charge in [-0.25, -0.2) is 0 Å². The molecule has 241 valence electrons. The molecule has 1 saturated heterocycles. The Labute approximate surface area is 293 Å². The zero-order valence-corrected chi connectivity index (χ0v) is 34.6. The summed E-state index contributed by atoms with van der Waals surface area (Å²) >= 11 is -2.84. The van der Waals surface area contributed by atoms with Crippen molar-refractivity contribution in [1.82, 2.24) is 4.31 Å². The Bertz CT molecular complexity index is 1160. The zero-order chi connectivity index (χ0) is 31.2. The predicted octanol–water partition coefficient (Wildman–Crippen LogP) is 8.70. The summed E-state index contributed by atoms with van der Waals surface area (Å²) in [5.74, 6) is -0.258. The minimum absolute atomic E-state index is 0. The molecule has 8 heteroatoms. The second-order valence-corrected chi connectivity index (χ2v) is 28.4. The molecule has 0 aromatic heterocycles. The quantitative estimate of drug-likeness (QED) is 0.0955. The monoisotopic (exact) mass is 796 g/mol. The van der Waals surface area contributed by atoms with Crippen LogP contribution in [0.25, 0.3) is 0 Å². The smallest absolute Gasteiger partial charge is 0 e. The van der Waals surface area contributed by atoms with Crippen LogP contribution in [0.2, 0.25) is 13.3 Å². The second-order valence-electron chi connectivity index (χ2n) is 13.7. The van der Waals surface area contributed by atoms with E-state index in [0.717, 1.165) is 5.56 Å². The number of nitrogens with zero attached hydrogens (tertiary/aromatic N) is 1. The van der Waals surface area contributed by atoms with Gasteiger partial charge in [-0.3, -0.25) is 0 Å². The van der Waals surface area contributed by atoms with E-state index in [2.05, 4.69) is 45.1 Å². The molecule has 0 spiro atoms.